The molecule has 2 heterocycles. The summed E-state index contributed by atoms with van der Waals surface area (Å²) in [6.45, 7) is 6.61. The minimum atomic E-state index is -0.247. The Morgan fingerprint density at radius 3 is 2.81 bits per heavy atom. The molecule has 2 aromatic rings. The number of fused-ring (bicyclic) bond motifs is 1. The summed E-state index contributed by atoms with van der Waals surface area (Å²) < 4.78 is 10.7. The zero-order valence-corrected chi connectivity index (χ0v) is 15.4. The van der Waals surface area contributed by atoms with E-state index in [1.807, 2.05) is 18.2 Å². The molecule has 26 heavy (non-hydrogen) atoms. The van der Waals surface area contributed by atoms with Gasteiger partial charge in [0, 0.05) is 0 Å². The first-order chi connectivity index (χ1) is 12.4. The van der Waals surface area contributed by atoms with Crippen LogP contribution in [0, 0.1) is 0 Å². The lowest BCUT2D eigenvalue weighted by atomic mass is 9.82. The van der Waals surface area contributed by atoms with E-state index in [1.54, 1.807) is 18.4 Å². The van der Waals surface area contributed by atoms with Gasteiger partial charge in [-0.3, -0.25) is 14.5 Å². The third-order valence-electron chi connectivity index (χ3n) is 4.91. The number of ether oxygens (including phenoxy) is 1. The van der Waals surface area contributed by atoms with Gasteiger partial charge in [-0.25, -0.2) is 0 Å². The second-order valence-corrected chi connectivity index (χ2v) is 7.04. The first-order valence-corrected chi connectivity index (χ1v) is 8.77. The van der Waals surface area contributed by atoms with E-state index in [2.05, 4.69) is 26.1 Å². The largest absolute Gasteiger partial charge is 0.482 e. The van der Waals surface area contributed by atoms with Crippen LogP contribution in [0.25, 0.3) is 0 Å². The molecule has 0 atom stereocenters. The molecule has 1 aliphatic rings. The molecule has 3 rings (SSSR count). The van der Waals surface area contributed by atoms with Gasteiger partial charge < -0.3 is 14.5 Å². The molecule has 1 aliphatic heterocycles. The predicted octanol–water partition coefficient (Wildman–Crippen LogP) is 3.01. The summed E-state index contributed by atoms with van der Waals surface area (Å²) in [4.78, 5) is 26.2. The highest BCUT2D eigenvalue weighted by Crippen LogP contribution is 2.37. The van der Waals surface area contributed by atoms with Crippen molar-refractivity contribution in [2.45, 2.75) is 39.2 Å². The lowest BCUT2D eigenvalue weighted by Gasteiger charge is -2.31. The number of carbonyl (C=O) groups is 2. The molecule has 6 heteroatoms. The minimum absolute atomic E-state index is 0.0251. The van der Waals surface area contributed by atoms with Gasteiger partial charge in [-0.2, -0.15) is 0 Å². The van der Waals surface area contributed by atoms with Gasteiger partial charge in [0.05, 0.1) is 18.5 Å². The zero-order chi connectivity index (χ0) is 18.7. The van der Waals surface area contributed by atoms with Crippen molar-refractivity contribution in [2.75, 3.05) is 18.1 Å². The number of hydrogen-bond donors (Lipinski definition) is 1. The van der Waals surface area contributed by atoms with Gasteiger partial charge in [0.2, 0.25) is 5.91 Å². The molecule has 1 N–H and O–H groups in total. The Kier molecular flexibility index (Phi) is 5.02. The van der Waals surface area contributed by atoms with E-state index in [0.29, 0.717) is 23.7 Å². The van der Waals surface area contributed by atoms with E-state index in [1.165, 1.54) is 4.90 Å². The number of nitrogens with one attached hydrogen (secondary N) is 1. The van der Waals surface area contributed by atoms with Crippen molar-refractivity contribution in [1.82, 2.24) is 5.32 Å². The number of benzene rings is 1. The molecule has 1 aromatic carbocycles. The van der Waals surface area contributed by atoms with Crippen LogP contribution in [0.5, 0.6) is 5.75 Å². The van der Waals surface area contributed by atoms with E-state index in [9.17, 15) is 9.59 Å². The Morgan fingerprint density at radius 2 is 2.12 bits per heavy atom. The second-order valence-electron chi connectivity index (χ2n) is 7.04. The smallest absolute Gasteiger partial charge is 0.265 e. The average Bonchev–Trinajstić information content (AvgIpc) is 3.15. The van der Waals surface area contributed by atoms with Crippen molar-refractivity contribution in [3.63, 3.8) is 0 Å². The van der Waals surface area contributed by atoms with Crippen molar-refractivity contribution in [3.05, 3.63) is 47.9 Å². The van der Waals surface area contributed by atoms with Gasteiger partial charge in [-0.15, -0.1) is 0 Å². The summed E-state index contributed by atoms with van der Waals surface area (Å²) >= 11 is 0. The first-order valence-electron chi connectivity index (χ1n) is 8.77. The second kappa shape index (κ2) is 7.23. The van der Waals surface area contributed by atoms with Crippen LogP contribution in [0.1, 0.15) is 38.5 Å². The van der Waals surface area contributed by atoms with Gasteiger partial charge in [-0.05, 0) is 41.7 Å². The van der Waals surface area contributed by atoms with Crippen LogP contribution in [0.15, 0.2) is 41.0 Å². The Labute approximate surface area is 153 Å². The van der Waals surface area contributed by atoms with Crippen LogP contribution in [0.4, 0.5) is 5.69 Å². The van der Waals surface area contributed by atoms with Crippen LogP contribution in [0.3, 0.4) is 0 Å². The Morgan fingerprint density at radius 1 is 1.31 bits per heavy atom. The summed E-state index contributed by atoms with van der Waals surface area (Å²) in [7, 11) is 0. The van der Waals surface area contributed by atoms with Crippen LogP contribution >= 0.6 is 0 Å². The number of anilines is 1. The fraction of sp³-hybridized carbons (Fsp3) is 0.400. The van der Waals surface area contributed by atoms with Crippen molar-refractivity contribution in [2.24, 2.45) is 0 Å². The third kappa shape index (κ3) is 3.74. The van der Waals surface area contributed by atoms with Gasteiger partial charge in [0.25, 0.3) is 5.91 Å². The van der Waals surface area contributed by atoms with Gasteiger partial charge in [0.15, 0.2) is 6.61 Å². The first kappa shape index (κ1) is 18.0. The molecule has 1 aromatic heterocycles. The van der Waals surface area contributed by atoms with Crippen molar-refractivity contribution in [1.29, 1.82) is 0 Å². The molecule has 138 valence electrons. The highest BCUT2D eigenvalue weighted by atomic mass is 16.5. The maximum Gasteiger partial charge on any atom is 0.265 e. The van der Waals surface area contributed by atoms with Crippen molar-refractivity contribution < 1.29 is 18.7 Å². The quantitative estimate of drug-likeness (QED) is 0.864. The maximum absolute atomic E-state index is 12.4. The normalized spacial score (nSPS) is 14.0. The van der Waals surface area contributed by atoms with E-state index >= 15 is 0 Å². The molecule has 0 bridgehead atoms. The number of rotatable bonds is 6. The summed E-state index contributed by atoms with van der Waals surface area (Å²) in [6, 6.07) is 9.40. The monoisotopic (exact) mass is 356 g/mol. The Balaban J connectivity index is 1.78. The van der Waals surface area contributed by atoms with Crippen LogP contribution in [0.2, 0.25) is 0 Å². The third-order valence-corrected chi connectivity index (χ3v) is 4.91. The SMILES string of the molecule is CCC(C)(C)c1ccc2c(c1)N(CC(=O)NCc1ccco1)C(=O)CO2. The maximum atomic E-state index is 12.4. The van der Waals surface area contributed by atoms with Crippen LogP contribution in [-0.2, 0) is 21.5 Å². The molecule has 0 fully saturated rings. The highest BCUT2D eigenvalue weighted by molar-refractivity contribution is 6.02. The molecule has 2 amide bonds. The van der Waals surface area contributed by atoms with Gasteiger partial charge in [0.1, 0.15) is 18.1 Å². The number of nitrogens with zero attached hydrogens (tertiary/aromatic N) is 1. The number of hydrogen-bond acceptors (Lipinski definition) is 4. The van der Waals surface area contributed by atoms with Crippen molar-refractivity contribution in [3.8, 4) is 5.75 Å². The fourth-order valence-corrected chi connectivity index (χ4v) is 2.80. The summed E-state index contributed by atoms with van der Waals surface area (Å²) in [6.07, 6.45) is 2.52. The van der Waals surface area contributed by atoms with Gasteiger partial charge in [-0.1, -0.05) is 26.8 Å². The standard InChI is InChI=1S/C20H24N2O4/c1-4-20(2,3)14-7-8-17-16(10-14)22(19(24)13-26-17)12-18(23)21-11-15-6-5-9-25-15/h5-10H,4,11-13H2,1-3H3,(H,21,23). The summed E-state index contributed by atoms with van der Waals surface area (Å²) in [5.41, 5.74) is 1.73. The lowest BCUT2D eigenvalue weighted by Crippen LogP contribution is -2.45. The molecule has 0 spiro atoms. The van der Waals surface area contributed by atoms with Gasteiger partial charge >= 0.3 is 0 Å². The zero-order valence-electron chi connectivity index (χ0n) is 15.4. The molecule has 6 nitrogen and oxygen atoms in total. The van der Waals surface area contributed by atoms with E-state index in [0.717, 1.165) is 12.0 Å². The molecule has 0 radical (unpaired) electrons. The van der Waals surface area contributed by atoms with E-state index in [4.69, 9.17) is 9.15 Å². The molecule has 0 unspecified atom stereocenters. The predicted molar refractivity (Wildman–Crippen MR) is 98.2 cm³/mol. The molecular formula is C20H24N2O4. The van der Waals surface area contributed by atoms with Crippen LogP contribution in [-0.4, -0.2) is 25.0 Å². The van der Waals surface area contributed by atoms with E-state index in [-0.39, 0.29) is 30.4 Å². The minimum Gasteiger partial charge on any atom is -0.482 e. The number of furan rings is 1. The Hall–Kier alpha value is -2.76. The molecule has 0 aliphatic carbocycles. The van der Waals surface area contributed by atoms with Crippen molar-refractivity contribution >= 4 is 17.5 Å². The fourth-order valence-electron chi connectivity index (χ4n) is 2.80. The van der Waals surface area contributed by atoms with Crippen LogP contribution < -0.4 is 15.0 Å². The topological polar surface area (TPSA) is 71.8 Å². The number of amides is 2. The highest BCUT2D eigenvalue weighted by Gasteiger charge is 2.29. The number of carbonyl (C=O) groups excluding carboxylic acids is 2. The molecule has 0 saturated heterocycles. The lowest BCUT2D eigenvalue weighted by molar-refractivity contribution is -0.125. The molecular weight excluding hydrogens is 332 g/mol. The summed E-state index contributed by atoms with van der Waals surface area (Å²) in [5, 5.41) is 2.77. The summed E-state index contributed by atoms with van der Waals surface area (Å²) in [5.74, 6) is 0.818. The average molecular weight is 356 g/mol. The molecule has 0 saturated carbocycles. The Bertz CT molecular complexity index is 796. The van der Waals surface area contributed by atoms with E-state index < -0.39 is 0 Å².